The minimum absolute atomic E-state index is 0. The summed E-state index contributed by atoms with van der Waals surface area (Å²) in [6.07, 6.45) is 13.3. The average Bonchev–Trinajstić information content (AvgIpc) is 1.56. The molecule has 0 spiro atoms. The second kappa shape index (κ2) is 41.7. The Balaban J connectivity index is -0.00000112. The summed E-state index contributed by atoms with van der Waals surface area (Å²) in [4.78, 5) is 150. The largest absolute Gasteiger partial charge is 2.00 e. The fourth-order valence-corrected chi connectivity index (χ4v) is 9.25. The van der Waals surface area contributed by atoms with Crippen molar-refractivity contribution in [3.63, 3.8) is 0 Å². The molecule has 0 saturated carbocycles. The number of aryl methyl sites for hydroxylation is 8. The van der Waals surface area contributed by atoms with E-state index in [1.807, 2.05) is 0 Å². The van der Waals surface area contributed by atoms with Crippen LogP contribution in [0.4, 0.5) is 0 Å². The predicted molar refractivity (Wildman–Crippen MR) is 349 cm³/mol. The number of H-pyrrole nitrogens is 1. The number of alkyl halides is 1. The predicted octanol–water partition coefficient (Wildman–Crippen LogP) is -6.06. The summed E-state index contributed by atoms with van der Waals surface area (Å²) in [6, 6.07) is 0. The molecule has 8 heterocycles. The Morgan fingerprint density at radius 2 is 0.880 bits per heavy atom. The first kappa shape index (κ1) is 82.2. The number of aliphatic hydroxyl groups excluding tert-OH is 3. The van der Waals surface area contributed by atoms with Gasteiger partial charge in [-0.25, -0.2) is 43.2 Å². The van der Waals surface area contributed by atoms with Gasteiger partial charge in [0.2, 0.25) is 11.8 Å². The molecule has 4 N–H and O–H groups in total. The minimum atomic E-state index is -0.833. The number of aliphatic hydroxyl groups is 3. The van der Waals surface area contributed by atoms with Gasteiger partial charge >= 0.3 is 75.4 Å². The van der Waals surface area contributed by atoms with Crippen LogP contribution >= 0.6 is 15.9 Å². The van der Waals surface area contributed by atoms with Gasteiger partial charge in [-0.3, -0.25) is 65.7 Å². The van der Waals surface area contributed by atoms with Crippen LogP contribution in [-0.2, 0) is 90.4 Å². The number of rotatable bonds is 21. The molecular weight excluding hydrogens is 1400 g/mol. The molecule has 0 bridgehead atoms. The molecular formula is C56H89BrIMgN18NaO14. The second-order valence-corrected chi connectivity index (χ2v) is 21.7. The van der Waals surface area contributed by atoms with Crippen LogP contribution in [0.3, 0.4) is 0 Å². The second-order valence-electron chi connectivity index (χ2n) is 20.9. The molecule has 0 aromatic carbocycles. The van der Waals surface area contributed by atoms with E-state index in [1.165, 1.54) is 81.1 Å². The van der Waals surface area contributed by atoms with Crippen LogP contribution in [0.1, 0.15) is 104 Å². The van der Waals surface area contributed by atoms with Gasteiger partial charge in [0, 0.05) is 115 Å². The van der Waals surface area contributed by atoms with Crippen LogP contribution in [0.5, 0.6) is 0 Å². The fraction of sp³-hybridized carbons (Fsp3) is 0.571. The number of nitrogens with zero attached hydrogens (tertiary/aromatic N) is 17. The van der Waals surface area contributed by atoms with E-state index in [1.54, 1.807) is 88.6 Å². The van der Waals surface area contributed by atoms with E-state index in [2.05, 4.69) is 40.8 Å². The van der Waals surface area contributed by atoms with Crippen LogP contribution in [0.25, 0.3) is 44.7 Å². The number of amides is 2. The molecule has 0 fully saturated rings. The van der Waals surface area contributed by atoms with Gasteiger partial charge in [0.25, 0.3) is 22.2 Å². The number of unbranched alkanes of at least 4 members (excludes halogenated alkanes) is 4. The van der Waals surface area contributed by atoms with Crippen molar-refractivity contribution in [2.45, 2.75) is 124 Å². The Morgan fingerprint density at radius 3 is 1.20 bits per heavy atom. The smallest absolute Gasteiger partial charge is 1.00 e. The first-order valence-electron chi connectivity index (χ1n) is 29.4. The molecule has 8 rings (SSSR count). The van der Waals surface area contributed by atoms with Crippen molar-refractivity contribution < 1.29 is 88.8 Å². The van der Waals surface area contributed by atoms with Gasteiger partial charge in [-0.05, 0) is 71.6 Å². The molecule has 8 aromatic heterocycles. The van der Waals surface area contributed by atoms with Crippen molar-refractivity contribution in [3.8, 4) is 0 Å². The molecule has 0 aliphatic carbocycles. The van der Waals surface area contributed by atoms with Crippen molar-refractivity contribution in [2.24, 2.45) is 56.4 Å². The van der Waals surface area contributed by atoms with Crippen molar-refractivity contribution in [3.05, 3.63) is 116 Å². The number of hydrogen-bond donors (Lipinski definition) is 4. The summed E-state index contributed by atoms with van der Waals surface area (Å²) in [5, 5.41) is 27.6. The maximum atomic E-state index is 12.4. The third kappa shape index (κ3) is 22.6. The minimum Gasteiger partial charge on any atom is -1.00 e. The van der Waals surface area contributed by atoms with Gasteiger partial charge in [0.1, 0.15) is 19.2 Å². The number of hydrogen-bond acceptors (Lipinski definition) is 18. The quantitative estimate of drug-likeness (QED) is 0.0130. The van der Waals surface area contributed by atoms with E-state index in [0.29, 0.717) is 109 Å². The topological polar surface area (TPSA) is 377 Å². The molecule has 1 atom stereocenters. The Labute approximate surface area is 599 Å². The molecule has 0 saturated heterocycles. The Bertz CT molecular complexity index is 4280. The van der Waals surface area contributed by atoms with E-state index in [-0.39, 0.29) is 164 Å². The normalized spacial score (nSPS) is 11.2. The van der Waals surface area contributed by atoms with Crippen LogP contribution in [0, 0.1) is 7.35 Å². The monoisotopic (exact) mass is 1490 g/mol. The Hall–Kier alpha value is -5.93. The molecule has 32 nitrogen and oxygen atoms in total. The molecule has 36 heteroatoms. The Kier molecular flexibility index (Phi) is 37.2. The summed E-state index contributed by atoms with van der Waals surface area (Å²) in [5.41, 5.74) is 0.191. The maximum Gasteiger partial charge on any atom is 2.00 e. The van der Waals surface area contributed by atoms with E-state index >= 15 is 0 Å². The van der Waals surface area contributed by atoms with Gasteiger partial charge in [-0.1, -0.05) is 23.4 Å². The molecule has 0 aliphatic heterocycles. The van der Waals surface area contributed by atoms with E-state index < -0.39 is 24.3 Å². The molecule has 0 radical (unpaired) electrons. The molecule has 0 aliphatic rings. The van der Waals surface area contributed by atoms with Crippen molar-refractivity contribution in [1.82, 2.24) is 85.0 Å². The Morgan fingerprint density at radius 1 is 0.576 bits per heavy atom. The van der Waals surface area contributed by atoms with E-state index in [0.717, 1.165) is 24.6 Å². The third-order valence-electron chi connectivity index (χ3n) is 14.1. The first-order chi connectivity index (χ1) is 42.8. The summed E-state index contributed by atoms with van der Waals surface area (Å²) < 4.78 is 33.0. The zero-order valence-electron chi connectivity index (χ0n) is 58.0. The average molecular weight is 1500 g/mol. The summed E-state index contributed by atoms with van der Waals surface area (Å²) in [7, 11) is 15.5. The molecule has 0 unspecified atom stereocenters. The van der Waals surface area contributed by atoms with Crippen molar-refractivity contribution in [1.29, 1.82) is 0 Å². The van der Waals surface area contributed by atoms with Crippen LogP contribution < -0.4 is 98.5 Å². The van der Waals surface area contributed by atoms with Gasteiger partial charge in [-0.2, -0.15) is 0 Å². The van der Waals surface area contributed by atoms with Crippen LogP contribution in [0.2, 0.25) is 0 Å². The number of fused-ring (bicyclic) bond motifs is 4. The summed E-state index contributed by atoms with van der Waals surface area (Å²) in [6.45, 7) is 3.67. The number of nitrogens with one attached hydrogen (secondary N) is 1. The van der Waals surface area contributed by atoms with Crippen molar-refractivity contribution in [2.75, 3.05) is 32.9 Å². The fourth-order valence-electron chi connectivity index (χ4n) is 8.85. The number of carbonyl (C=O) groups is 3. The zero-order chi connectivity index (χ0) is 68.7. The molecule has 2 amide bonds. The molecule has 92 heavy (non-hydrogen) atoms. The standard InChI is InChI=1S/C14H21N5O4.C13H20N4O3.C13H18N4O3.C7H14BrNO2.C7H8N4O2.CH4.CH3.HI.Mg.Na.H/c1-16-8-15-12-11(16)13(22)19(14(23)18(12)3)7-5-4-6-10(21)17(2)9-20;2*1-9(18)6-4-5-7-17-12(19)10-11(14-8-15(10)2)16(3)13(17)20;1-9(6-10)7(11)4-2-3-5-8;1-10-3-8-5-4(10)6(12)9-7(13)11(5)2;;;;;;/h8,20H,4-7,9H2,1-3H3;8-9,18H,4-7H2,1-3H3;8H,4-7H2,1-3H3;10H,2-6H2,1H3;3H,1-2H3,(H,9,12,13);1H4;1H3;1H;;;/q;;;;;;-1;;+2;+1;-1/p-1/t;9-;;;;;;;;;/m.0........./s1/i;;;;;;1D3;;;;. The number of imidazole rings is 4. The van der Waals surface area contributed by atoms with Crippen LogP contribution in [-0.4, -0.2) is 180 Å². The first-order valence-corrected chi connectivity index (χ1v) is 29.1. The van der Waals surface area contributed by atoms with E-state index in [9.17, 15) is 57.8 Å². The molecule has 504 valence electrons. The van der Waals surface area contributed by atoms with Gasteiger partial charge in [0.15, 0.2) is 44.7 Å². The number of aromatic amines is 1. The van der Waals surface area contributed by atoms with Gasteiger partial charge < -0.3 is 80.9 Å². The zero-order valence-corrected chi connectivity index (χ0v) is 61.2. The van der Waals surface area contributed by atoms with Crippen molar-refractivity contribution >= 4 is 101 Å². The van der Waals surface area contributed by atoms with Gasteiger partial charge in [-0.15, -0.1) is 0 Å². The number of carbonyl (C=O) groups excluding carboxylic acids is 3. The number of halogens is 2. The summed E-state index contributed by atoms with van der Waals surface area (Å²) in [5.74, 6) is -0.0457. The number of aromatic nitrogens is 16. The van der Waals surface area contributed by atoms with Crippen LogP contribution in [0.15, 0.2) is 63.7 Å². The third-order valence-corrected chi connectivity index (χ3v) is 14.6. The van der Waals surface area contributed by atoms with Gasteiger partial charge in [0.05, 0.1) is 31.4 Å². The summed E-state index contributed by atoms with van der Waals surface area (Å²) >= 11 is 3.28. The number of ketones is 1. The number of Topliss-reactive ketones (excluding diaryl/α,β-unsaturated/α-hetero) is 1. The van der Waals surface area contributed by atoms with E-state index in [4.69, 9.17) is 14.3 Å². The SMILES string of the molecule is C.CC(=O)CCCCn1c(=O)c2c(ncn2C)n(C)c1=O.CN(CO)C(=O)CCCCBr.CN(CO)C(=O)CCCCn1c(=O)c2c(ncn2C)n(C)c1=O.C[C@H](O)CCCCn1c(=O)c2c(ncn2C)n(C)c1=O.Cn1cnc2c1c(=O)[nH]c(=O)n2C.[2H][C-]([2H])[2H].[H-].[I-].[Mg+2].[Na+]. The molecule has 8 aromatic rings. The maximum absolute atomic E-state index is 12.4.